The van der Waals surface area contributed by atoms with Gasteiger partial charge in [0.05, 0.1) is 0 Å². The summed E-state index contributed by atoms with van der Waals surface area (Å²) >= 11 is 0. The van der Waals surface area contributed by atoms with Crippen LogP contribution in [0.5, 0.6) is 0 Å². The molecule has 1 atom stereocenters. The largest absolute Gasteiger partial charge is 0.452 e. The summed E-state index contributed by atoms with van der Waals surface area (Å²) in [6.07, 6.45) is 1.80. The summed E-state index contributed by atoms with van der Waals surface area (Å²) < 4.78 is 5.54. The molecule has 3 aromatic carbocycles. The van der Waals surface area contributed by atoms with E-state index in [-0.39, 0.29) is 12.1 Å². The Kier molecular flexibility index (Phi) is 4.44. The number of hydrogen-bond acceptors (Lipinski definition) is 2. The van der Waals surface area contributed by atoms with Crippen molar-refractivity contribution >= 4 is 29.1 Å². The molecule has 0 N–H and O–H groups in total. The topological polar surface area (TPSA) is 26.3 Å². The second-order valence-corrected chi connectivity index (χ2v) is 9.71. The molecular formula is C23H20O2P+. The van der Waals surface area contributed by atoms with Gasteiger partial charge in [0.1, 0.15) is 22.0 Å². The summed E-state index contributed by atoms with van der Waals surface area (Å²) in [6.45, 7) is 1.92. The van der Waals surface area contributed by atoms with Crippen LogP contribution in [-0.2, 0) is 9.53 Å². The highest BCUT2D eigenvalue weighted by Gasteiger charge is 2.55. The first-order chi connectivity index (χ1) is 12.7. The molecule has 0 saturated carbocycles. The zero-order valence-corrected chi connectivity index (χ0v) is 15.5. The van der Waals surface area contributed by atoms with Crippen molar-refractivity contribution in [3.05, 3.63) is 102 Å². The number of carbonyl (C=O) groups is 1. The van der Waals surface area contributed by atoms with E-state index >= 15 is 0 Å². The molecule has 1 heterocycles. The van der Waals surface area contributed by atoms with E-state index in [1.54, 1.807) is 0 Å². The molecule has 1 unspecified atom stereocenters. The van der Waals surface area contributed by atoms with Gasteiger partial charge in [-0.15, -0.1) is 0 Å². The third-order valence-corrected chi connectivity index (χ3v) is 8.96. The molecule has 0 radical (unpaired) electrons. The first-order valence-electron chi connectivity index (χ1n) is 8.72. The van der Waals surface area contributed by atoms with E-state index in [0.717, 1.165) is 21.2 Å². The first-order valence-corrected chi connectivity index (χ1v) is 10.5. The first kappa shape index (κ1) is 16.8. The Morgan fingerprint density at radius 3 is 1.38 bits per heavy atom. The van der Waals surface area contributed by atoms with E-state index in [4.69, 9.17) is 4.74 Å². The average Bonchev–Trinajstić information content (AvgIpc) is 3.03. The van der Waals surface area contributed by atoms with Crippen molar-refractivity contribution in [1.82, 2.24) is 0 Å². The van der Waals surface area contributed by atoms with Gasteiger partial charge < -0.3 is 4.74 Å². The minimum absolute atomic E-state index is 0.201. The molecular weight excluding hydrogens is 339 g/mol. The maximum atomic E-state index is 12.9. The minimum Gasteiger partial charge on any atom is -0.452 e. The average molecular weight is 359 g/mol. The lowest BCUT2D eigenvalue weighted by Gasteiger charge is -2.26. The molecule has 1 aliphatic rings. The van der Waals surface area contributed by atoms with Crippen LogP contribution in [0.2, 0.25) is 0 Å². The predicted octanol–water partition coefficient (Wildman–Crippen LogP) is 3.81. The molecule has 4 rings (SSSR count). The maximum absolute atomic E-state index is 12.9. The summed E-state index contributed by atoms with van der Waals surface area (Å²) in [6, 6.07) is 31.1. The van der Waals surface area contributed by atoms with Crippen molar-refractivity contribution in [2.75, 3.05) is 0 Å². The summed E-state index contributed by atoms with van der Waals surface area (Å²) in [7, 11) is -2.31. The highest BCUT2D eigenvalue weighted by atomic mass is 31.2. The van der Waals surface area contributed by atoms with Crippen LogP contribution in [0.15, 0.2) is 102 Å². The third-order valence-electron chi connectivity index (χ3n) is 4.69. The van der Waals surface area contributed by atoms with Crippen LogP contribution < -0.4 is 15.9 Å². The molecule has 0 fully saturated rings. The van der Waals surface area contributed by atoms with Gasteiger partial charge in [0, 0.05) is 6.08 Å². The monoisotopic (exact) mass is 359 g/mol. The van der Waals surface area contributed by atoms with Crippen LogP contribution in [0.4, 0.5) is 0 Å². The number of esters is 1. The Morgan fingerprint density at radius 1 is 0.692 bits per heavy atom. The molecule has 26 heavy (non-hydrogen) atoms. The van der Waals surface area contributed by atoms with Crippen molar-refractivity contribution < 1.29 is 9.53 Å². The van der Waals surface area contributed by atoms with E-state index in [1.807, 2.05) is 67.6 Å². The number of hydrogen-bond donors (Lipinski definition) is 0. The smallest absolute Gasteiger partial charge is 0.375 e. The predicted molar refractivity (Wildman–Crippen MR) is 109 cm³/mol. The zero-order chi connectivity index (χ0) is 18.0. The van der Waals surface area contributed by atoms with Crippen molar-refractivity contribution in [2.45, 2.75) is 13.0 Å². The molecule has 0 aromatic heterocycles. The fourth-order valence-electron chi connectivity index (χ4n) is 3.62. The van der Waals surface area contributed by atoms with E-state index in [1.165, 1.54) is 0 Å². The van der Waals surface area contributed by atoms with Gasteiger partial charge in [0.2, 0.25) is 0 Å². The Hall–Kier alpha value is -2.70. The van der Waals surface area contributed by atoms with Crippen LogP contribution in [0.3, 0.4) is 0 Å². The Balaban J connectivity index is 2.11. The van der Waals surface area contributed by atoms with Gasteiger partial charge >= 0.3 is 5.97 Å². The fourth-order valence-corrected chi connectivity index (χ4v) is 7.97. The van der Waals surface area contributed by atoms with Gasteiger partial charge in [0.25, 0.3) is 0 Å². The molecule has 0 amide bonds. The maximum Gasteiger partial charge on any atom is 0.375 e. The highest BCUT2D eigenvalue weighted by molar-refractivity contribution is 7.99. The Bertz CT molecular complexity index is 837. The lowest BCUT2D eigenvalue weighted by atomic mass is 10.3. The zero-order valence-electron chi connectivity index (χ0n) is 14.6. The number of ether oxygens (including phenoxy) is 1. The number of cyclic esters (lactones) is 1. The van der Waals surface area contributed by atoms with E-state index < -0.39 is 7.26 Å². The normalized spacial score (nSPS) is 16.9. The molecule has 2 nitrogen and oxygen atoms in total. The van der Waals surface area contributed by atoms with Crippen LogP contribution in [0, 0.1) is 0 Å². The Labute approximate surface area is 154 Å². The molecule has 0 spiro atoms. The second kappa shape index (κ2) is 6.90. The van der Waals surface area contributed by atoms with Crippen molar-refractivity contribution in [3.63, 3.8) is 0 Å². The van der Waals surface area contributed by atoms with Crippen LogP contribution in [0.1, 0.15) is 6.92 Å². The number of rotatable bonds is 4. The Morgan fingerprint density at radius 2 is 1.08 bits per heavy atom. The van der Waals surface area contributed by atoms with Gasteiger partial charge in [-0.05, 0) is 43.3 Å². The molecule has 128 valence electrons. The van der Waals surface area contributed by atoms with Crippen LogP contribution in [0.25, 0.3) is 0 Å². The second-order valence-electron chi connectivity index (χ2n) is 6.34. The summed E-state index contributed by atoms with van der Waals surface area (Å²) in [5.41, 5.74) is 0. The van der Waals surface area contributed by atoms with Crippen molar-refractivity contribution in [3.8, 4) is 0 Å². The standard InChI is InChI=1S/C23H20O2P/c1-18-17-22(23(24)25-18)26(19-11-5-2-6-12-19,20-13-7-3-8-14-20)21-15-9-4-10-16-21/h2-18H,1H3/q+1. The van der Waals surface area contributed by atoms with Crippen molar-refractivity contribution in [2.24, 2.45) is 0 Å². The van der Waals surface area contributed by atoms with Gasteiger partial charge in [-0.3, -0.25) is 0 Å². The van der Waals surface area contributed by atoms with Crippen molar-refractivity contribution in [1.29, 1.82) is 0 Å². The van der Waals surface area contributed by atoms with Gasteiger partial charge in [-0.2, -0.15) is 0 Å². The molecule has 0 aliphatic carbocycles. The van der Waals surface area contributed by atoms with Gasteiger partial charge in [-0.25, -0.2) is 4.79 Å². The summed E-state index contributed by atoms with van der Waals surface area (Å²) in [4.78, 5) is 12.9. The van der Waals surface area contributed by atoms with E-state index in [0.29, 0.717) is 0 Å². The molecule has 3 heteroatoms. The lowest BCUT2D eigenvalue weighted by molar-refractivity contribution is -0.138. The number of benzene rings is 3. The summed E-state index contributed by atoms with van der Waals surface area (Å²) in [5.74, 6) is -0.206. The quantitative estimate of drug-likeness (QED) is 0.523. The van der Waals surface area contributed by atoms with E-state index in [2.05, 4.69) is 36.4 Å². The number of carbonyl (C=O) groups excluding carboxylic acids is 1. The van der Waals surface area contributed by atoms with Gasteiger partial charge in [-0.1, -0.05) is 54.6 Å². The van der Waals surface area contributed by atoms with Crippen LogP contribution >= 0.6 is 7.26 Å². The summed E-state index contributed by atoms with van der Waals surface area (Å²) in [5, 5.41) is 4.27. The van der Waals surface area contributed by atoms with Gasteiger partial charge in [0.15, 0.2) is 12.6 Å². The lowest BCUT2D eigenvalue weighted by Crippen LogP contribution is -2.33. The van der Waals surface area contributed by atoms with E-state index in [9.17, 15) is 4.79 Å². The molecule has 0 saturated heterocycles. The fraction of sp³-hybridized carbons (Fsp3) is 0.0870. The molecule has 1 aliphatic heterocycles. The minimum atomic E-state index is -2.31. The SMILES string of the molecule is CC1C=C([P+](c2ccccc2)(c2ccccc2)c2ccccc2)C(=O)O1. The molecule has 3 aromatic rings. The third kappa shape index (κ3) is 2.67. The highest BCUT2D eigenvalue weighted by Crippen LogP contribution is 2.63. The molecule has 0 bridgehead atoms. The van der Waals surface area contributed by atoms with Crippen LogP contribution in [-0.4, -0.2) is 12.1 Å².